The van der Waals surface area contributed by atoms with Gasteiger partial charge in [0, 0.05) is 5.69 Å². The highest BCUT2D eigenvalue weighted by molar-refractivity contribution is 7.18. The van der Waals surface area contributed by atoms with Gasteiger partial charge in [-0.05, 0) is 43.7 Å². The molecule has 0 fully saturated rings. The Labute approximate surface area is 204 Å². The Morgan fingerprint density at radius 1 is 0.971 bits per heavy atom. The molecule has 4 rings (SSSR count). The first-order valence-electron chi connectivity index (χ1n) is 10.7. The van der Waals surface area contributed by atoms with Crippen LogP contribution in [0.2, 0.25) is 0 Å². The van der Waals surface area contributed by atoms with E-state index in [1.54, 1.807) is 62.4 Å². The smallest absolute Gasteiger partial charge is 0.348 e. The third kappa shape index (κ3) is 4.69. The summed E-state index contributed by atoms with van der Waals surface area (Å²) >= 11 is 0.909. The zero-order valence-electron chi connectivity index (χ0n) is 18.9. The van der Waals surface area contributed by atoms with Gasteiger partial charge in [-0.15, -0.1) is 11.3 Å². The minimum atomic E-state index is -0.807. The Balaban J connectivity index is 1.62. The second kappa shape index (κ2) is 9.90. The largest absolute Gasteiger partial charge is 0.462 e. The number of ether oxygens (including phenoxy) is 1. The second-order valence-electron chi connectivity index (χ2n) is 7.59. The van der Waals surface area contributed by atoms with E-state index in [1.165, 1.54) is 6.07 Å². The number of amides is 3. The third-order valence-electron chi connectivity index (χ3n) is 5.30. The van der Waals surface area contributed by atoms with E-state index in [0.717, 1.165) is 16.2 Å². The SMILES string of the molecule is CCOC(=O)c1sc(NC(=O)CN2C(=O)C(=O)c3ccccc32)c(C(=O)Nc2ccccc2)c1C. The molecular weight excluding hydrogens is 470 g/mol. The van der Waals surface area contributed by atoms with Gasteiger partial charge in [-0.25, -0.2) is 4.79 Å². The predicted octanol–water partition coefficient (Wildman–Crippen LogP) is 3.65. The van der Waals surface area contributed by atoms with Crippen molar-refractivity contribution in [2.24, 2.45) is 0 Å². The summed E-state index contributed by atoms with van der Waals surface area (Å²) in [5, 5.41) is 5.52. The van der Waals surface area contributed by atoms with Crippen molar-refractivity contribution < 1.29 is 28.7 Å². The van der Waals surface area contributed by atoms with Crippen LogP contribution in [0.3, 0.4) is 0 Å². The number of ketones is 1. The second-order valence-corrected chi connectivity index (χ2v) is 8.61. The Kier molecular flexibility index (Phi) is 6.74. The van der Waals surface area contributed by atoms with E-state index >= 15 is 0 Å². The van der Waals surface area contributed by atoms with Gasteiger partial charge in [-0.2, -0.15) is 0 Å². The van der Waals surface area contributed by atoms with Gasteiger partial charge in [0.15, 0.2) is 0 Å². The normalized spacial score (nSPS) is 12.3. The molecule has 3 aromatic rings. The maximum atomic E-state index is 13.1. The van der Waals surface area contributed by atoms with Crippen LogP contribution in [-0.2, 0) is 14.3 Å². The number of anilines is 3. The molecule has 0 unspecified atom stereocenters. The number of rotatable bonds is 7. The molecule has 0 radical (unpaired) electrons. The van der Waals surface area contributed by atoms with Crippen LogP contribution in [0.15, 0.2) is 54.6 Å². The van der Waals surface area contributed by atoms with Crippen LogP contribution in [0.5, 0.6) is 0 Å². The van der Waals surface area contributed by atoms with Crippen LogP contribution in [0, 0.1) is 6.92 Å². The molecule has 2 N–H and O–H groups in total. The minimum Gasteiger partial charge on any atom is -0.462 e. The van der Waals surface area contributed by atoms with E-state index in [0.29, 0.717) is 16.9 Å². The molecule has 178 valence electrons. The highest BCUT2D eigenvalue weighted by atomic mass is 32.1. The number of nitrogens with zero attached hydrogens (tertiary/aromatic N) is 1. The fourth-order valence-corrected chi connectivity index (χ4v) is 4.81. The Morgan fingerprint density at radius 3 is 2.37 bits per heavy atom. The molecule has 2 heterocycles. The fraction of sp³-hybridized carbons (Fsp3) is 0.160. The molecule has 0 saturated carbocycles. The van der Waals surface area contributed by atoms with Crippen molar-refractivity contribution in [1.29, 1.82) is 0 Å². The number of esters is 1. The molecule has 3 amide bonds. The summed E-state index contributed by atoms with van der Waals surface area (Å²) in [4.78, 5) is 64.4. The molecular formula is C25H21N3O6S. The molecule has 0 atom stereocenters. The molecule has 0 saturated heterocycles. The van der Waals surface area contributed by atoms with E-state index in [-0.39, 0.29) is 27.6 Å². The van der Waals surface area contributed by atoms with Crippen molar-refractivity contribution in [1.82, 2.24) is 0 Å². The number of benzene rings is 2. The fourth-order valence-electron chi connectivity index (χ4n) is 3.70. The van der Waals surface area contributed by atoms with Crippen LogP contribution in [0.4, 0.5) is 16.4 Å². The molecule has 0 aliphatic carbocycles. The van der Waals surface area contributed by atoms with E-state index in [1.807, 2.05) is 0 Å². The summed E-state index contributed by atoms with van der Waals surface area (Å²) in [5.41, 5.74) is 1.57. The van der Waals surface area contributed by atoms with Gasteiger partial charge in [-0.1, -0.05) is 30.3 Å². The Hall–Kier alpha value is -4.31. The number of hydrogen-bond donors (Lipinski definition) is 2. The highest BCUT2D eigenvalue weighted by Gasteiger charge is 2.37. The molecule has 35 heavy (non-hydrogen) atoms. The first kappa shape index (κ1) is 23.8. The van der Waals surface area contributed by atoms with Crippen LogP contribution < -0.4 is 15.5 Å². The van der Waals surface area contributed by atoms with E-state index < -0.39 is 36.0 Å². The van der Waals surface area contributed by atoms with Crippen molar-refractivity contribution in [3.05, 3.63) is 76.2 Å². The molecule has 0 bridgehead atoms. The average Bonchev–Trinajstić information content (AvgIpc) is 3.29. The monoisotopic (exact) mass is 491 g/mol. The number of fused-ring (bicyclic) bond motifs is 1. The topological polar surface area (TPSA) is 122 Å². The highest BCUT2D eigenvalue weighted by Crippen LogP contribution is 2.35. The van der Waals surface area contributed by atoms with Crippen LogP contribution in [0.25, 0.3) is 0 Å². The van der Waals surface area contributed by atoms with E-state index in [4.69, 9.17) is 4.74 Å². The maximum Gasteiger partial charge on any atom is 0.348 e. The first-order chi connectivity index (χ1) is 16.8. The van der Waals surface area contributed by atoms with Crippen LogP contribution in [0.1, 0.15) is 42.9 Å². The molecule has 1 aliphatic heterocycles. The molecule has 0 spiro atoms. The number of Topliss-reactive ketones (excluding diaryl/α,β-unsaturated/α-hetero) is 1. The number of carbonyl (C=O) groups is 5. The number of carbonyl (C=O) groups excluding carboxylic acids is 5. The number of hydrogen-bond acceptors (Lipinski definition) is 7. The predicted molar refractivity (Wildman–Crippen MR) is 131 cm³/mol. The minimum absolute atomic E-state index is 0.111. The summed E-state index contributed by atoms with van der Waals surface area (Å²) in [6.07, 6.45) is 0. The van der Waals surface area contributed by atoms with Gasteiger partial charge in [-0.3, -0.25) is 24.1 Å². The molecule has 2 aromatic carbocycles. The van der Waals surface area contributed by atoms with Gasteiger partial charge < -0.3 is 15.4 Å². The van der Waals surface area contributed by atoms with Crippen molar-refractivity contribution in [3.8, 4) is 0 Å². The van der Waals surface area contributed by atoms with Crippen LogP contribution >= 0.6 is 11.3 Å². The Morgan fingerprint density at radius 2 is 1.66 bits per heavy atom. The van der Waals surface area contributed by atoms with Gasteiger partial charge >= 0.3 is 5.97 Å². The van der Waals surface area contributed by atoms with E-state index in [2.05, 4.69) is 10.6 Å². The maximum absolute atomic E-state index is 13.1. The summed E-state index contributed by atoms with van der Waals surface area (Å²) in [6, 6.07) is 15.1. The Bertz CT molecular complexity index is 1350. The van der Waals surface area contributed by atoms with Gasteiger partial charge in [0.1, 0.15) is 16.4 Å². The van der Waals surface area contributed by atoms with Crippen molar-refractivity contribution >= 4 is 57.2 Å². The van der Waals surface area contributed by atoms with Crippen molar-refractivity contribution in [2.45, 2.75) is 13.8 Å². The first-order valence-corrected chi connectivity index (χ1v) is 11.6. The molecule has 1 aliphatic rings. The van der Waals surface area contributed by atoms with Crippen LogP contribution in [-0.4, -0.2) is 42.6 Å². The summed E-state index contributed by atoms with van der Waals surface area (Å²) in [7, 11) is 0. The lowest BCUT2D eigenvalue weighted by Crippen LogP contribution is -2.37. The van der Waals surface area contributed by atoms with E-state index in [9.17, 15) is 24.0 Å². The lowest BCUT2D eigenvalue weighted by Gasteiger charge is -2.16. The van der Waals surface area contributed by atoms with Gasteiger partial charge in [0.25, 0.3) is 17.6 Å². The summed E-state index contributed by atoms with van der Waals surface area (Å²) in [5.74, 6) is -3.26. The molecule has 9 nitrogen and oxygen atoms in total. The average molecular weight is 492 g/mol. The molecule has 10 heteroatoms. The number of para-hydroxylation sites is 2. The van der Waals surface area contributed by atoms with Gasteiger partial charge in [0.2, 0.25) is 5.91 Å². The van der Waals surface area contributed by atoms with Crippen molar-refractivity contribution in [3.63, 3.8) is 0 Å². The lowest BCUT2D eigenvalue weighted by molar-refractivity contribution is -0.118. The quantitative estimate of drug-likeness (QED) is 0.384. The molecule has 1 aromatic heterocycles. The number of thiophene rings is 1. The lowest BCUT2D eigenvalue weighted by atomic mass is 10.1. The van der Waals surface area contributed by atoms with Gasteiger partial charge in [0.05, 0.1) is 23.4 Å². The van der Waals surface area contributed by atoms with Crippen molar-refractivity contribution in [2.75, 3.05) is 28.7 Å². The zero-order valence-corrected chi connectivity index (χ0v) is 19.7. The summed E-state index contributed by atoms with van der Waals surface area (Å²) in [6.45, 7) is 2.97. The standard InChI is InChI=1S/C25H21N3O6S/c1-3-34-25(33)21-14(2)19(22(31)26-15-9-5-4-6-10-15)23(35-21)27-18(29)13-28-17-12-8-7-11-16(17)20(30)24(28)32/h4-12H,3,13H2,1-2H3,(H,26,31)(H,27,29). The third-order valence-corrected chi connectivity index (χ3v) is 6.49. The number of nitrogens with one attached hydrogen (secondary N) is 2. The summed E-state index contributed by atoms with van der Waals surface area (Å²) < 4.78 is 5.09. The zero-order chi connectivity index (χ0) is 25.1.